The minimum atomic E-state index is -0.324. The fourth-order valence-electron chi connectivity index (χ4n) is 0.502. The van der Waals surface area contributed by atoms with E-state index in [1.807, 2.05) is 0 Å². The minimum absolute atomic E-state index is 0.324. The van der Waals surface area contributed by atoms with Crippen molar-refractivity contribution in [2.75, 3.05) is 7.11 Å². The topological polar surface area (TPSA) is 26.3 Å². The van der Waals surface area contributed by atoms with E-state index in [9.17, 15) is 4.79 Å². The highest BCUT2D eigenvalue weighted by molar-refractivity contribution is 9.11. The average Bonchev–Trinajstić information content (AvgIpc) is 2.11. The number of halogens is 1. The second-order valence-electron chi connectivity index (χ2n) is 2.10. The summed E-state index contributed by atoms with van der Waals surface area (Å²) in [4.78, 5) is 10.9. The van der Waals surface area contributed by atoms with Crippen molar-refractivity contribution in [1.82, 2.24) is 0 Å². The Hall–Kier alpha value is -0.830. The summed E-state index contributed by atoms with van der Waals surface area (Å²) in [6.07, 6.45) is 5.04. The van der Waals surface area contributed by atoms with E-state index in [0.29, 0.717) is 5.57 Å². The van der Waals surface area contributed by atoms with E-state index >= 15 is 0 Å². The number of rotatable bonds is 3. The molecule has 12 heavy (non-hydrogen) atoms. The number of hydrogen-bond acceptors (Lipinski definition) is 2. The van der Waals surface area contributed by atoms with Crippen LogP contribution in [0.1, 0.15) is 6.92 Å². The van der Waals surface area contributed by atoms with Crippen LogP contribution in [0.25, 0.3) is 0 Å². The monoisotopic (exact) mass is 230 g/mol. The Bertz CT molecular complexity index is 239. The Labute approximate surface area is 80.7 Å². The first-order valence-electron chi connectivity index (χ1n) is 3.36. The van der Waals surface area contributed by atoms with E-state index in [0.717, 1.165) is 4.48 Å². The first-order chi connectivity index (χ1) is 5.61. The molecule has 0 radical (unpaired) electrons. The summed E-state index contributed by atoms with van der Waals surface area (Å²) in [5.41, 5.74) is 0.552. The summed E-state index contributed by atoms with van der Waals surface area (Å²) < 4.78 is 5.33. The van der Waals surface area contributed by atoms with Crippen molar-refractivity contribution in [3.05, 3.63) is 34.9 Å². The van der Waals surface area contributed by atoms with Crippen LogP contribution in [-0.2, 0) is 9.53 Å². The molecule has 0 bridgehead atoms. The van der Waals surface area contributed by atoms with Crippen LogP contribution < -0.4 is 0 Å². The Kier molecular flexibility index (Phi) is 5.37. The first kappa shape index (κ1) is 11.2. The predicted octanol–water partition coefficient (Wildman–Crippen LogP) is 2.57. The maximum absolute atomic E-state index is 10.9. The van der Waals surface area contributed by atoms with Crippen LogP contribution in [0, 0.1) is 0 Å². The highest BCUT2D eigenvalue weighted by Gasteiger charge is 1.99. The second-order valence-corrected chi connectivity index (χ2v) is 3.01. The number of esters is 1. The van der Waals surface area contributed by atoms with E-state index in [2.05, 4.69) is 27.2 Å². The van der Waals surface area contributed by atoms with Crippen LogP contribution in [0.4, 0.5) is 0 Å². The van der Waals surface area contributed by atoms with E-state index in [4.69, 9.17) is 0 Å². The van der Waals surface area contributed by atoms with Crippen molar-refractivity contribution in [2.45, 2.75) is 6.92 Å². The van der Waals surface area contributed by atoms with Gasteiger partial charge in [-0.15, -0.1) is 0 Å². The zero-order valence-electron chi connectivity index (χ0n) is 7.13. The largest absolute Gasteiger partial charge is 0.466 e. The molecule has 3 heteroatoms. The van der Waals surface area contributed by atoms with Crippen LogP contribution in [-0.4, -0.2) is 13.1 Å². The molecule has 0 saturated carbocycles. The second kappa shape index (κ2) is 5.77. The number of carbonyl (C=O) groups excluding carboxylic acids is 1. The van der Waals surface area contributed by atoms with E-state index < -0.39 is 0 Å². The lowest BCUT2D eigenvalue weighted by Gasteiger charge is -1.95. The predicted molar refractivity (Wildman–Crippen MR) is 53.0 cm³/mol. The molecule has 0 spiro atoms. The SMILES string of the molecule is C=C/C(Br)=C\C=C(/C)C(=O)OC. The molecule has 0 N–H and O–H groups in total. The summed E-state index contributed by atoms with van der Waals surface area (Å²) in [6, 6.07) is 0. The number of ether oxygens (including phenoxy) is 1. The molecule has 0 atom stereocenters. The molecule has 66 valence electrons. The first-order valence-corrected chi connectivity index (χ1v) is 4.16. The van der Waals surface area contributed by atoms with Crippen LogP contribution in [0.15, 0.2) is 34.9 Å². The van der Waals surface area contributed by atoms with Gasteiger partial charge in [-0.3, -0.25) is 0 Å². The van der Waals surface area contributed by atoms with Crippen LogP contribution >= 0.6 is 15.9 Å². The summed E-state index contributed by atoms with van der Waals surface area (Å²) in [6.45, 7) is 5.23. The van der Waals surface area contributed by atoms with Gasteiger partial charge in [0.2, 0.25) is 0 Å². The zero-order chi connectivity index (χ0) is 9.56. The lowest BCUT2D eigenvalue weighted by Crippen LogP contribution is -2.00. The Morgan fingerprint density at radius 3 is 2.50 bits per heavy atom. The summed E-state index contributed by atoms with van der Waals surface area (Å²) in [5.74, 6) is -0.324. The molecule has 0 fully saturated rings. The van der Waals surface area contributed by atoms with Crippen molar-refractivity contribution in [2.24, 2.45) is 0 Å². The van der Waals surface area contributed by atoms with Gasteiger partial charge < -0.3 is 4.74 Å². The van der Waals surface area contributed by atoms with Gasteiger partial charge >= 0.3 is 5.97 Å². The Morgan fingerprint density at radius 1 is 1.50 bits per heavy atom. The summed E-state index contributed by atoms with van der Waals surface area (Å²) in [5, 5.41) is 0. The van der Waals surface area contributed by atoms with E-state index in [1.54, 1.807) is 25.2 Å². The molecule has 0 aliphatic heterocycles. The quantitative estimate of drug-likeness (QED) is 0.424. The molecule has 2 nitrogen and oxygen atoms in total. The Balaban J connectivity index is 4.37. The van der Waals surface area contributed by atoms with E-state index in [1.165, 1.54) is 7.11 Å². The van der Waals surface area contributed by atoms with Gasteiger partial charge in [-0.1, -0.05) is 34.7 Å². The highest BCUT2D eigenvalue weighted by atomic mass is 79.9. The lowest BCUT2D eigenvalue weighted by atomic mass is 10.3. The Morgan fingerprint density at radius 2 is 2.08 bits per heavy atom. The van der Waals surface area contributed by atoms with Crippen molar-refractivity contribution in [3.63, 3.8) is 0 Å². The molecule has 0 aliphatic rings. The van der Waals surface area contributed by atoms with Crippen molar-refractivity contribution in [3.8, 4) is 0 Å². The van der Waals surface area contributed by atoms with Gasteiger partial charge in [-0.05, 0) is 13.0 Å². The normalized spacial score (nSPS) is 12.6. The third kappa shape index (κ3) is 4.13. The van der Waals surface area contributed by atoms with Crippen LogP contribution in [0.3, 0.4) is 0 Å². The number of allylic oxidation sites excluding steroid dienone is 4. The molecule has 0 heterocycles. The molecule has 0 aromatic carbocycles. The molecule has 0 unspecified atom stereocenters. The van der Waals surface area contributed by atoms with Gasteiger partial charge in [0.25, 0.3) is 0 Å². The molecule has 0 aromatic rings. The molecule has 0 aliphatic carbocycles. The highest BCUT2D eigenvalue weighted by Crippen LogP contribution is 2.06. The van der Waals surface area contributed by atoms with Crippen molar-refractivity contribution < 1.29 is 9.53 Å². The third-order valence-electron chi connectivity index (χ3n) is 1.19. The molecule has 0 saturated heterocycles. The maximum atomic E-state index is 10.9. The smallest absolute Gasteiger partial charge is 0.333 e. The number of hydrogen-bond donors (Lipinski definition) is 0. The van der Waals surface area contributed by atoms with Crippen molar-refractivity contribution >= 4 is 21.9 Å². The average molecular weight is 231 g/mol. The van der Waals surface area contributed by atoms with Gasteiger partial charge in [-0.25, -0.2) is 4.79 Å². The number of carbonyl (C=O) groups is 1. The van der Waals surface area contributed by atoms with Gasteiger partial charge in [0.1, 0.15) is 0 Å². The van der Waals surface area contributed by atoms with Gasteiger partial charge in [0.05, 0.1) is 7.11 Å². The zero-order valence-corrected chi connectivity index (χ0v) is 8.72. The third-order valence-corrected chi connectivity index (χ3v) is 1.78. The fourth-order valence-corrected chi connectivity index (χ4v) is 0.634. The molecule has 0 aromatic heterocycles. The van der Waals surface area contributed by atoms with Gasteiger partial charge in [0.15, 0.2) is 0 Å². The lowest BCUT2D eigenvalue weighted by molar-refractivity contribution is -0.136. The number of methoxy groups -OCH3 is 1. The minimum Gasteiger partial charge on any atom is -0.466 e. The molecular weight excluding hydrogens is 220 g/mol. The van der Waals surface area contributed by atoms with Gasteiger partial charge in [-0.2, -0.15) is 0 Å². The van der Waals surface area contributed by atoms with Gasteiger partial charge in [0, 0.05) is 10.1 Å². The standard InChI is InChI=1S/C9H11BrO2/c1-4-8(10)6-5-7(2)9(11)12-3/h4-6H,1H2,2-3H3/b7-5+,8-6+. The molecular formula is C9H11BrO2. The van der Waals surface area contributed by atoms with Crippen molar-refractivity contribution in [1.29, 1.82) is 0 Å². The maximum Gasteiger partial charge on any atom is 0.333 e. The molecule has 0 amide bonds. The summed E-state index contributed by atoms with van der Waals surface area (Å²) >= 11 is 3.22. The van der Waals surface area contributed by atoms with E-state index in [-0.39, 0.29) is 5.97 Å². The van der Waals surface area contributed by atoms with Crippen LogP contribution in [0.5, 0.6) is 0 Å². The van der Waals surface area contributed by atoms with Crippen LogP contribution in [0.2, 0.25) is 0 Å². The summed E-state index contributed by atoms with van der Waals surface area (Å²) in [7, 11) is 1.35. The fraction of sp³-hybridized carbons (Fsp3) is 0.222. The molecule has 0 rings (SSSR count).